The lowest BCUT2D eigenvalue weighted by atomic mass is 10.0. The van der Waals surface area contributed by atoms with Crippen LogP contribution in [0.15, 0.2) is 35.4 Å². The monoisotopic (exact) mass is 333 g/mol. The van der Waals surface area contributed by atoms with Gasteiger partial charge in [-0.2, -0.15) is 4.31 Å². The molecule has 2 aliphatic heterocycles. The first-order valence-electron chi connectivity index (χ1n) is 7.58. The molecule has 4 rings (SSSR count). The molecule has 2 bridgehead atoms. The highest BCUT2D eigenvalue weighted by Crippen LogP contribution is 2.45. The molecule has 0 aliphatic carbocycles. The molecule has 2 aliphatic rings. The van der Waals surface area contributed by atoms with Crippen molar-refractivity contribution in [2.24, 2.45) is 0 Å². The summed E-state index contributed by atoms with van der Waals surface area (Å²) in [6.07, 6.45) is 3.93. The lowest BCUT2D eigenvalue weighted by Crippen LogP contribution is -2.42. The number of sulfonamides is 1. The van der Waals surface area contributed by atoms with E-state index < -0.39 is 15.8 Å². The van der Waals surface area contributed by atoms with Crippen LogP contribution in [-0.2, 0) is 16.4 Å². The average molecular weight is 333 g/mol. The fraction of sp³-hybridized carbons (Fsp3) is 0.375. The standard InChI is InChI=1S/C16H16FN3O2S/c1-10-18-9-14-15(19-10)8-12-4-7-16(14)20(12)23(21,22)13-5-2-11(17)3-6-13/h2-3,5-6,9,12,16H,4,7-8H2,1H3. The predicted molar refractivity (Wildman–Crippen MR) is 81.7 cm³/mol. The van der Waals surface area contributed by atoms with E-state index in [-0.39, 0.29) is 17.0 Å². The molecule has 23 heavy (non-hydrogen) atoms. The number of benzene rings is 1. The van der Waals surface area contributed by atoms with Gasteiger partial charge in [0.05, 0.1) is 16.6 Å². The van der Waals surface area contributed by atoms with Crippen LogP contribution in [0, 0.1) is 12.7 Å². The van der Waals surface area contributed by atoms with Gasteiger partial charge in [0, 0.05) is 24.2 Å². The van der Waals surface area contributed by atoms with Crippen molar-refractivity contribution in [3.8, 4) is 0 Å². The van der Waals surface area contributed by atoms with Crippen LogP contribution in [-0.4, -0.2) is 28.7 Å². The predicted octanol–water partition coefficient (Wildman–Crippen LogP) is 2.37. The quantitative estimate of drug-likeness (QED) is 0.846. The van der Waals surface area contributed by atoms with Crippen LogP contribution in [0.2, 0.25) is 0 Å². The molecule has 3 heterocycles. The molecule has 120 valence electrons. The summed E-state index contributed by atoms with van der Waals surface area (Å²) in [5, 5.41) is 0. The first-order valence-corrected chi connectivity index (χ1v) is 9.02. The van der Waals surface area contributed by atoms with Gasteiger partial charge in [0.2, 0.25) is 10.0 Å². The Hall–Kier alpha value is -1.86. The minimum atomic E-state index is -3.66. The van der Waals surface area contributed by atoms with E-state index in [1.807, 2.05) is 6.92 Å². The highest BCUT2D eigenvalue weighted by atomic mass is 32.2. The molecule has 2 unspecified atom stereocenters. The fourth-order valence-corrected chi connectivity index (χ4v) is 5.48. The molecule has 0 spiro atoms. The van der Waals surface area contributed by atoms with E-state index in [2.05, 4.69) is 9.97 Å². The van der Waals surface area contributed by atoms with Crippen LogP contribution >= 0.6 is 0 Å². The Morgan fingerprint density at radius 2 is 1.96 bits per heavy atom. The second kappa shape index (κ2) is 5.07. The number of rotatable bonds is 2. The molecule has 5 nitrogen and oxygen atoms in total. The zero-order chi connectivity index (χ0) is 16.2. The number of hydrogen-bond donors (Lipinski definition) is 0. The van der Waals surface area contributed by atoms with Gasteiger partial charge < -0.3 is 0 Å². The highest BCUT2D eigenvalue weighted by Gasteiger charge is 2.47. The Bertz CT molecular complexity index is 867. The fourth-order valence-electron chi connectivity index (χ4n) is 3.63. The summed E-state index contributed by atoms with van der Waals surface area (Å²) in [7, 11) is -3.66. The van der Waals surface area contributed by atoms with E-state index in [1.165, 1.54) is 24.3 Å². The first-order chi connectivity index (χ1) is 11.0. The first kappa shape index (κ1) is 14.7. The smallest absolute Gasteiger partial charge is 0.241 e. The van der Waals surface area contributed by atoms with Gasteiger partial charge in [0.15, 0.2) is 0 Å². The van der Waals surface area contributed by atoms with Crippen molar-refractivity contribution in [2.75, 3.05) is 0 Å². The van der Waals surface area contributed by atoms with Crippen LogP contribution in [0.1, 0.15) is 36.0 Å². The molecule has 7 heteroatoms. The number of fused-ring (bicyclic) bond motifs is 4. The second-order valence-electron chi connectivity index (χ2n) is 6.06. The Kier molecular flexibility index (Phi) is 3.24. The third-order valence-corrected chi connectivity index (χ3v) is 6.61. The number of aromatic nitrogens is 2. The largest absolute Gasteiger partial charge is 0.243 e. The van der Waals surface area contributed by atoms with Crippen molar-refractivity contribution in [1.29, 1.82) is 0 Å². The number of hydrogen-bond acceptors (Lipinski definition) is 4. The summed E-state index contributed by atoms with van der Waals surface area (Å²) in [6.45, 7) is 1.84. The summed E-state index contributed by atoms with van der Waals surface area (Å²) < 4.78 is 40.7. The Labute approximate surface area is 134 Å². The van der Waals surface area contributed by atoms with Crippen molar-refractivity contribution in [3.05, 3.63) is 53.4 Å². The molecule has 2 aromatic rings. The van der Waals surface area contributed by atoms with Gasteiger partial charge in [-0.05, 0) is 44.0 Å². The normalized spacial score (nSPS) is 23.7. The Balaban J connectivity index is 1.78. The maximum atomic E-state index is 13.1. The van der Waals surface area contributed by atoms with E-state index in [0.717, 1.165) is 24.1 Å². The van der Waals surface area contributed by atoms with Gasteiger partial charge in [-0.25, -0.2) is 22.8 Å². The topological polar surface area (TPSA) is 63.2 Å². The maximum absolute atomic E-state index is 13.1. The molecule has 1 fully saturated rings. The minimum Gasteiger partial charge on any atom is -0.241 e. The van der Waals surface area contributed by atoms with Crippen molar-refractivity contribution in [3.63, 3.8) is 0 Å². The molecular weight excluding hydrogens is 317 g/mol. The van der Waals surface area contributed by atoms with Crippen molar-refractivity contribution >= 4 is 10.0 Å². The zero-order valence-electron chi connectivity index (χ0n) is 12.6. The van der Waals surface area contributed by atoms with Gasteiger partial charge in [-0.1, -0.05) is 0 Å². The van der Waals surface area contributed by atoms with Crippen LogP contribution in [0.3, 0.4) is 0 Å². The Morgan fingerprint density at radius 1 is 1.22 bits per heavy atom. The van der Waals surface area contributed by atoms with Crippen LogP contribution < -0.4 is 0 Å². The van der Waals surface area contributed by atoms with Gasteiger partial charge in [0.25, 0.3) is 0 Å². The molecule has 2 atom stereocenters. The van der Waals surface area contributed by atoms with E-state index in [1.54, 1.807) is 10.5 Å². The third-order valence-electron chi connectivity index (χ3n) is 4.64. The van der Waals surface area contributed by atoms with E-state index in [9.17, 15) is 12.8 Å². The van der Waals surface area contributed by atoms with Crippen LogP contribution in [0.5, 0.6) is 0 Å². The van der Waals surface area contributed by atoms with Crippen LogP contribution in [0.4, 0.5) is 4.39 Å². The lowest BCUT2D eigenvalue weighted by Gasteiger charge is -2.34. The molecule has 0 N–H and O–H groups in total. The summed E-state index contributed by atoms with van der Waals surface area (Å²) >= 11 is 0. The molecule has 1 saturated heterocycles. The molecule has 0 amide bonds. The summed E-state index contributed by atoms with van der Waals surface area (Å²) in [5.74, 6) is 0.262. The van der Waals surface area contributed by atoms with E-state index in [0.29, 0.717) is 12.2 Å². The minimum absolute atomic E-state index is 0.0862. The Morgan fingerprint density at radius 3 is 2.70 bits per heavy atom. The maximum Gasteiger partial charge on any atom is 0.243 e. The molecular formula is C16H16FN3O2S. The molecule has 0 radical (unpaired) electrons. The van der Waals surface area contributed by atoms with E-state index in [4.69, 9.17) is 0 Å². The second-order valence-corrected chi connectivity index (χ2v) is 7.90. The molecule has 1 aromatic carbocycles. The van der Waals surface area contributed by atoms with Crippen molar-refractivity contribution in [1.82, 2.24) is 14.3 Å². The number of halogens is 1. The molecule has 0 saturated carbocycles. The summed E-state index contributed by atoms with van der Waals surface area (Å²) in [4.78, 5) is 8.83. The zero-order valence-corrected chi connectivity index (χ0v) is 13.4. The average Bonchev–Trinajstić information content (AvgIpc) is 2.84. The SMILES string of the molecule is Cc1ncc2c(n1)CC1CCC2N1S(=O)(=O)c1ccc(F)cc1. The number of aryl methyl sites for hydroxylation is 1. The van der Waals surface area contributed by atoms with Gasteiger partial charge in [-0.3, -0.25) is 0 Å². The summed E-state index contributed by atoms with van der Waals surface area (Å²) in [5.41, 5.74) is 1.85. The van der Waals surface area contributed by atoms with Gasteiger partial charge >= 0.3 is 0 Å². The van der Waals surface area contributed by atoms with Gasteiger partial charge in [-0.15, -0.1) is 0 Å². The van der Waals surface area contributed by atoms with Crippen LogP contribution in [0.25, 0.3) is 0 Å². The highest BCUT2D eigenvalue weighted by molar-refractivity contribution is 7.89. The van der Waals surface area contributed by atoms with Crippen molar-refractivity contribution < 1.29 is 12.8 Å². The van der Waals surface area contributed by atoms with Crippen molar-refractivity contribution in [2.45, 2.75) is 43.2 Å². The lowest BCUT2D eigenvalue weighted by molar-refractivity contribution is 0.300. The molecule has 1 aromatic heterocycles. The summed E-state index contributed by atoms with van der Waals surface area (Å²) in [6, 6.07) is 4.70. The third kappa shape index (κ3) is 2.26. The number of nitrogens with zero attached hydrogens (tertiary/aromatic N) is 3. The van der Waals surface area contributed by atoms with E-state index >= 15 is 0 Å². The van der Waals surface area contributed by atoms with Gasteiger partial charge in [0.1, 0.15) is 11.6 Å².